The third-order valence-electron chi connectivity index (χ3n) is 2.36. The Bertz CT molecular complexity index is 184. The Morgan fingerprint density at radius 3 is 2.85 bits per heavy atom. The highest BCUT2D eigenvalue weighted by molar-refractivity contribution is 5.72. The van der Waals surface area contributed by atoms with Gasteiger partial charge in [-0.05, 0) is 26.2 Å². The van der Waals surface area contributed by atoms with Gasteiger partial charge in [0.05, 0.1) is 18.6 Å². The Kier molecular flexibility index (Phi) is 3.66. The van der Waals surface area contributed by atoms with E-state index in [0.29, 0.717) is 19.4 Å². The number of ether oxygens (including phenoxy) is 1. The molecule has 76 valence electrons. The molecule has 0 radical (unpaired) electrons. The van der Waals surface area contributed by atoms with Crippen molar-refractivity contribution in [3.8, 4) is 0 Å². The first kappa shape index (κ1) is 10.4. The van der Waals surface area contributed by atoms with Gasteiger partial charge in [-0.3, -0.25) is 4.79 Å². The summed E-state index contributed by atoms with van der Waals surface area (Å²) in [7, 11) is 0. The van der Waals surface area contributed by atoms with Crippen molar-refractivity contribution in [1.29, 1.82) is 0 Å². The van der Waals surface area contributed by atoms with Crippen molar-refractivity contribution in [2.45, 2.75) is 38.5 Å². The number of halogens is 1. The summed E-state index contributed by atoms with van der Waals surface area (Å²) in [6.07, 6.45) is -1.20. The van der Waals surface area contributed by atoms with Crippen LogP contribution in [0.1, 0.15) is 26.2 Å². The van der Waals surface area contributed by atoms with E-state index < -0.39 is 12.3 Å². The van der Waals surface area contributed by atoms with Gasteiger partial charge < -0.3 is 9.84 Å². The molecule has 0 aromatic heterocycles. The van der Waals surface area contributed by atoms with Crippen molar-refractivity contribution in [3.05, 3.63) is 0 Å². The van der Waals surface area contributed by atoms with Crippen molar-refractivity contribution in [2.24, 2.45) is 5.92 Å². The third kappa shape index (κ3) is 2.66. The largest absolute Gasteiger partial charge is 0.466 e. The van der Waals surface area contributed by atoms with Crippen molar-refractivity contribution in [3.63, 3.8) is 0 Å². The maximum atomic E-state index is 13.0. The van der Waals surface area contributed by atoms with E-state index in [9.17, 15) is 9.18 Å². The van der Waals surface area contributed by atoms with Crippen LogP contribution in [0.3, 0.4) is 0 Å². The van der Waals surface area contributed by atoms with Gasteiger partial charge in [0, 0.05) is 0 Å². The van der Waals surface area contributed by atoms with E-state index in [1.54, 1.807) is 6.92 Å². The second-order valence-corrected chi connectivity index (χ2v) is 3.35. The summed E-state index contributed by atoms with van der Waals surface area (Å²) in [5.74, 6) is -0.699. The smallest absolute Gasteiger partial charge is 0.309 e. The molecule has 0 bridgehead atoms. The number of aliphatic hydroxyl groups excluding tert-OH is 1. The fourth-order valence-electron chi connectivity index (χ4n) is 1.57. The molecule has 1 aliphatic rings. The molecule has 0 saturated heterocycles. The molecule has 0 aromatic carbocycles. The zero-order valence-corrected chi connectivity index (χ0v) is 7.70. The Balaban J connectivity index is 2.40. The molecule has 3 atom stereocenters. The summed E-state index contributed by atoms with van der Waals surface area (Å²) in [4.78, 5) is 11.2. The van der Waals surface area contributed by atoms with E-state index in [4.69, 9.17) is 9.84 Å². The van der Waals surface area contributed by atoms with Gasteiger partial charge in [0.15, 0.2) is 0 Å². The quantitative estimate of drug-likeness (QED) is 0.662. The van der Waals surface area contributed by atoms with Gasteiger partial charge in [-0.25, -0.2) is 4.39 Å². The minimum absolute atomic E-state index is 0.0972. The predicted molar refractivity (Wildman–Crippen MR) is 44.9 cm³/mol. The molecule has 4 heteroatoms. The normalized spacial score (nSPS) is 34.2. The summed E-state index contributed by atoms with van der Waals surface area (Å²) in [6.45, 7) is 2.05. The van der Waals surface area contributed by atoms with E-state index in [0.717, 1.165) is 0 Å². The molecule has 13 heavy (non-hydrogen) atoms. The Labute approximate surface area is 76.9 Å². The Morgan fingerprint density at radius 2 is 2.31 bits per heavy atom. The lowest BCUT2D eigenvalue weighted by molar-refractivity contribution is -0.151. The van der Waals surface area contributed by atoms with E-state index in [1.165, 1.54) is 0 Å². The van der Waals surface area contributed by atoms with Crippen molar-refractivity contribution < 1.29 is 19.0 Å². The van der Waals surface area contributed by atoms with Gasteiger partial charge in [-0.2, -0.15) is 0 Å². The van der Waals surface area contributed by atoms with Crippen LogP contribution in [-0.2, 0) is 9.53 Å². The lowest BCUT2D eigenvalue weighted by Gasteiger charge is -2.26. The molecule has 1 saturated carbocycles. The standard InChI is InChI=1S/C9H15FO3/c1-2-13-9(12)6-3-4-8(11)7(10)5-6/h6-8,11H,2-5H2,1H3/t6-,7+,8-/m0/s1. The molecular weight excluding hydrogens is 175 g/mol. The molecule has 0 unspecified atom stereocenters. The lowest BCUT2D eigenvalue weighted by atomic mass is 9.86. The van der Waals surface area contributed by atoms with Crippen LogP contribution in [0.5, 0.6) is 0 Å². The molecule has 1 aliphatic carbocycles. The molecule has 0 spiro atoms. The van der Waals surface area contributed by atoms with Gasteiger partial charge in [-0.1, -0.05) is 0 Å². The van der Waals surface area contributed by atoms with Gasteiger partial charge in [-0.15, -0.1) is 0 Å². The van der Waals surface area contributed by atoms with Gasteiger partial charge in [0.1, 0.15) is 6.17 Å². The predicted octanol–water partition coefficient (Wildman–Crippen LogP) is 1.05. The highest BCUT2D eigenvalue weighted by Crippen LogP contribution is 2.27. The summed E-state index contributed by atoms with van der Waals surface area (Å²) >= 11 is 0. The first-order valence-corrected chi connectivity index (χ1v) is 4.64. The summed E-state index contributed by atoms with van der Waals surface area (Å²) in [5.41, 5.74) is 0. The number of carbonyl (C=O) groups excluding carboxylic acids is 1. The molecule has 1 rings (SSSR count). The van der Waals surface area contributed by atoms with Crippen LogP contribution in [0.2, 0.25) is 0 Å². The average Bonchev–Trinajstić information content (AvgIpc) is 2.10. The number of alkyl halides is 1. The zero-order valence-electron chi connectivity index (χ0n) is 7.70. The van der Waals surface area contributed by atoms with Crippen LogP contribution < -0.4 is 0 Å². The molecule has 3 nitrogen and oxygen atoms in total. The fourth-order valence-corrected chi connectivity index (χ4v) is 1.57. The van der Waals surface area contributed by atoms with E-state index in [2.05, 4.69) is 0 Å². The Hall–Kier alpha value is -0.640. The van der Waals surface area contributed by atoms with Gasteiger partial charge in [0.25, 0.3) is 0 Å². The molecule has 0 aromatic rings. The SMILES string of the molecule is CCOC(=O)[C@H]1CC[C@H](O)[C@H](F)C1. The van der Waals surface area contributed by atoms with Crippen molar-refractivity contribution in [2.75, 3.05) is 6.61 Å². The number of rotatable bonds is 2. The van der Waals surface area contributed by atoms with Crippen LogP contribution in [0.15, 0.2) is 0 Å². The van der Waals surface area contributed by atoms with Crippen LogP contribution in [0.4, 0.5) is 4.39 Å². The molecular formula is C9H15FO3. The number of esters is 1. The number of hydrogen-bond acceptors (Lipinski definition) is 3. The Morgan fingerprint density at radius 1 is 1.62 bits per heavy atom. The molecule has 0 amide bonds. The first-order chi connectivity index (χ1) is 6.15. The maximum absolute atomic E-state index is 13.0. The molecule has 1 N–H and O–H groups in total. The highest BCUT2D eigenvalue weighted by atomic mass is 19.1. The average molecular weight is 190 g/mol. The third-order valence-corrected chi connectivity index (χ3v) is 2.36. The summed E-state index contributed by atoms with van der Waals surface area (Å²) in [6, 6.07) is 0. The van der Waals surface area contributed by atoms with Crippen molar-refractivity contribution >= 4 is 5.97 Å². The topological polar surface area (TPSA) is 46.5 Å². The number of carbonyl (C=O) groups is 1. The van der Waals surface area contributed by atoms with Crippen LogP contribution in [-0.4, -0.2) is 30.0 Å². The minimum atomic E-state index is -1.27. The molecule has 1 fully saturated rings. The summed E-state index contributed by atoms with van der Waals surface area (Å²) < 4.78 is 17.7. The molecule has 0 heterocycles. The lowest BCUT2D eigenvalue weighted by Crippen LogP contribution is -2.34. The van der Waals surface area contributed by atoms with E-state index >= 15 is 0 Å². The second-order valence-electron chi connectivity index (χ2n) is 3.35. The fraction of sp³-hybridized carbons (Fsp3) is 0.889. The number of hydrogen-bond donors (Lipinski definition) is 1. The highest BCUT2D eigenvalue weighted by Gasteiger charge is 2.33. The number of aliphatic hydroxyl groups is 1. The first-order valence-electron chi connectivity index (χ1n) is 4.64. The van der Waals surface area contributed by atoms with Gasteiger partial charge in [0.2, 0.25) is 0 Å². The zero-order chi connectivity index (χ0) is 9.84. The van der Waals surface area contributed by atoms with Crippen LogP contribution >= 0.6 is 0 Å². The van der Waals surface area contributed by atoms with E-state index in [-0.39, 0.29) is 18.3 Å². The van der Waals surface area contributed by atoms with Crippen LogP contribution in [0.25, 0.3) is 0 Å². The van der Waals surface area contributed by atoms with Gasteiger partial charge >= 0.3 is 5.97 Å². The van der Waals surface area contributed by atoms with Crippen molar-refractivity contribution in [1.82, 2.24) is 0 Å². The summed E-state index contributed by atoms with van der Waals surface area (Å²) in [5, 5.41) is 9.08. The monoisotopic (exact) mass is 190 g/mol. The van der Waals surface area contributed by atoms with Crippen LogP contribution in [0, 0.1) is 5.92 Å². The maximum Gasteiger partial charge on any atom is 0.309 e. The minimum Gasteiger partial charge on any atom is -0.466 e. The second kappa shape index (κ2) is 4.56. The molecule has 0 aliphatic heterocycles. The van der Waals surface area contributed by atoms with E-state index in [1.807, 2.05) is 0 Å².